The Morgan fingerprint density at radius 1 is 1.19 bits per heavy atom. The molecule has 0 saturated carbocycles. The summed E-state index contributed by atoms with van der Waals surface area (Å²) < 4.78 is 52.3. The molecule has 0 spiro atoms. The first-order chi connectivity index (χ1) is 15.4. The highest BCUT2D eigenvalue weighted by Crippen LogP contribution is 2.33. The smallest absolute Gasteiger partial charge is 0.433 e. The van der Waals surface area contributed by atoms with Gasteiger partial charge in [0.25, 0.3) is 0 Å². The molecule has 0 aliphatic carbocycles. The van der Waals surface area contributed by atoms with Crippen LogP contribution in [0.2, 0.25) is 0 Å². The molecule has 2 aliphatic heterocycles. The molecule has 0 amide bonds. The minimum atomic E-state index is -4.69. The molecule has 10 heteroatoms. The van der Waals surface area contributed by atoms with E-state index in [4.69, 9.17) is 9.15 Å². The fourth-order valence-electron chi connectivity index (χ4n) is 4.85. The minimum absolute atomic E-state index is 0.00855. The van der Waals surface area contributed by atoms with E-state index in [-0.39, 0.29) is 35.3 Å². The van der Waals surface area contributed by atoms with Crippen LogP contribution < -0.4 is 0 Å². The fourth-order valence-corrected chi connectivity index (χ4v) is 4.85. The maximum absolute atomic E-state index is 13.7. The molecule has 5 rings (SSSR count). The summed E-state index contributed by atoms with van der Waals surface area (Å²) in [5.41, 5.74) is -1.34. The molecule has 7 nitrogen and oxygen atoms in total. The number of halogens is 3. The van der Waals surface area contributed by atoms with E-state index in [0.717, 1.165) is 38.4 Å². The molecule has 0 aromatic carbocycles. The number of carbonyl (C=O) groups is 1. The van der Waals surface area contributed by atoms with Gasteiger partial charge in [-0.25, -0.2) is 14.3 Å². The Morgan fingerprint density at radius 3 is 2.81 bits per heavy atom. The normalized spacial score (nSPS) is 22.1. The van der Waals surface area contributed by atoms with Crippen molar-refractivity contribution in [1.82, 2.24) is 19.5 Å². The zero-order chi connectivity index (χ0) is 22.3. The predicted molar refractivity (Wildman–Crippen MR) is 108 cm³/mol. The van der Waals surface area contributed by atoms with E-state index in [2.05, 4.69) is 15.0 Å². The number of fused-ring (bicyclic) bond motifs is 2. The van der Waals surface area contributed by atoms with Gasteiger partial charge in [0.1, 0.15) is 5.69 Å². The molecular formula is C22H23F3N4O3. The molecule has 0 radical (unpaired) electrons. The monoisotopic (exact) mass is 448 g/mol. The average Bonchev–Trinajstić information content (AvgIpc) is 3.46. The molecule has 0 bridgehead atoms. The van der Waals surface area contributed by atoms with Crippen molar-refractivity contribution >= 4 is 11.6 Å². The van der Waals surface area contributed by atoms with Gasteiger partial charge in [-0.05, 0) is 57.0 Å². The van der Waals surface area contributed by atoms with E-state index in [1.54, 1.807) is 6.07 Å². The lowest BCUT2D eigenvalue weighted by molar-refractivity contribution is -0.142. The molecule has 3 aromatic rings. The molecule has 3 aromatic heterocycles. The summed E-state index contributed by atoms with van der Waals surface area (Å²) in [5, 5.41) is 3.87. The number of hydrogen-bond acceptors (Lipinski definition) is 6. The zero-order valence-corrected chi connectivity index (χ0v) is 17.3. The van der Waals surface area contributed by atoms with Gasteiger partial charge in [-0.2, -0.15) is 18.3 Å². The van der Waals surface area contributed by atoms with Crippen LogP contribution in [-0.2, 0) is 10.9 Å². The zero-order valence-electron chi connectivity index (χ0n) is 17.3. The number of nitrogens with zero attached hydrogens (tertiary/aromatic N) is 4. The maximum Gasteiger partial charge on any atom is 0.433 e. The second-order valence-electron chi connectivity index (χ2n) is 8.40. The molecular weight excluding hydrogens is 425 g/mol. The van der Waals surface area contributed by atoms with Gasteiger partial charge in [0, 0.05) is 18.0 Å². The van der Waals surface area contributed by atoms with Crippen molar-refractivity contribution in [2.24, 2.45) is 5.92 Å². The number of rotatable bonds is 4. The summed E-state index contributed by atoms with van der Waals surface area (Å²) in [5.74, 6) is -0.312. The van der Waals surface area contributed by atoms with Crippen molar-refractivity contribution in [2.45, 2.75) is 44.3 Å². The van der Waals surface area contributed by atoms with Crippen LogP contribution in [0.25, 0.3) is 17.1 Å². The Morgan fingerprint density at radius 2 is 2.03 bits per heavy atom. The Bertz CT molecular complexity index is 1110. The summed E-state index contributed by atoms with van der Waals surface area (Å²) >= 11 is 0. The minimum Gasteiger partial charge on any atom is -0.463 e. The lowest BCUT2D eigenvalue weighted by atomic mass is 9.84. The highest BCUT2D eigenvalue weighted by molar-refractivity contribution is 5.88. The van der Waals surface area contributed by atoms with E-state index < -0.39 is 17.8 Å². The van der Waals surface area contributed by atoms with Crippen molar-refractivity contribution in [3.8, 4) is 11.5 Å². The van der Waals surface area contributed by atoms with Crippen LogP contribution in [0, 0.1) is 5.92 Å². The second-order valence-corrected chi connectivity index (χ2v) is 8.40. The number of ether oxygens (including phenoxy) is 1. The van der Waals surface area contributed by atoms with Gasteiger partial charge < -0.3 is 9.15 Å². The van der Waals surface area contributed by atoms with E-state index in [1.165, 1.54) is 31.2 Å². The third kappa shape index (κ3) is 3.99. The first kappa shape index (κ1) is 21.0. The van der Waals surface area contributed by atoms with Gasteiger partial charge >= 0.3 is 12.1 Å². The fraction of sp³-hybridized carbons (Fsp3) is 0.500. The van der Waals surface area contributed by atoms with Crippen molar-refractivity contribution < 1.29 is 27.1 Å². The maximum atomic E-state index is 13.7. The SMILES string of the molecule is O=C(OC[C@@H]1CCCN2CCCC[C@@H]12)c1cc2nc(-c3ccco3)cc(C(F)(F)F)n2n1. The second kappa shape index (κ2) is 8.23. The highest BCUT2D eigenvalue weighted by atomic mass is 19.4. The van der Waals surface area contributed by atoms with Crippen LogP contribution in [0.15, 0.2) is 34.9 Å². The number of hydrogen-bond donors (Lipinski definition) is 0. The van der Waals surface area contributed by atoms with Crippen LogP contribution in [0.3, 0.4) is 0 Å². The summed E-state index contributed by atoms with van der Waals surface area (Å²) in [7, 11) is 0. The lowest BCUT2D eigenvalue weighted by Crippen LogP contribution is -2.49. The standard InChI is InChI=1S/C22H23F3N4O3/c23-22(24,25)19-11-15(18-7-4-10-31-18)26-20-12-16(27-29(19)20)21(30)32-13-14-5-3-9-28-8-2-1-6-17(14)28/h4,7,10-12,14,17H,1-3,5-6,8-9,13H2/t14-,17-/m0/s1. The quantitative estimate of drug-likeness (QED) is 0.550. The molecule has 5 heterocycles. The Balaban J connectivity index is 1.38. The van der Waals surface area contributed by atoms with Gasteiger partial charge in [-0.15, -0.1) is 0 Å². The van der Waals surface area contributed by atoms with Crippen LogP contribution in [0.1, 0.15) is 48.3 Å². The van der Waals surface area contributed by atoms with Crippen LogP contribution >= 0.6 is 0 Å². The van der Waals surface area contributed by atoms with Crippen LogP contribution in [0.5, 0.6) is 0 Å². The van der Waals surface area contributed by atoms with E-state index in [9.17, 15) is 18.0 Å². The van der Waals surface area contributed by atoms with Gasteiger partial charge in [-0.3, -0.25) is 4.90 Å². The summed E-state index contributed by atoms with van der Waals surface area (Å²) in [6.45, 7) is 2.39. The predicted octanol–water partition coefficient (Wildman–Crippen LogP) is 4.43. The van der Waals surface area contributed by atoms with Crippen molar-refractivity contribution in [1.29, 1.82) is 0 Å². The van der Waals surface area contributed by atoms with Crippen molar-refractivity contribution in [3.05, 3.63) is 41.9 Å². The topological polar surface area (TPSA) is 72.9 Å². The lowest BCUT2D eigenvalue weighted by Gasteiger charge is -2.44. The van der Waals surface area contributed by atoms with Gasteiger partial charge in [-0.1, -0.05) is 6.42 Å². The van der Waals surface area contributed by atoms with Crippen LogP contribution in [0.4, 0.5) is 13.2 Å². The third-order valence-electron chi connectivity index (χ3n) is 6.36. The number of carbonyl (C=O) groups excluding carboxylic acids is 1. The number of alkyl halides is 3. The van der Waals surface area contributed by atoms with Gasteiger partial charge in [0.2, 0.25) is 0 Å². The molecule has 2 atom stereocenters. The molecule has 2 aliphatic rings. The van der Waals surface area contributed by atoms with Crippen LogP contribution in [-0.4, -0.2) is 51.2 Å². The molecule has 170 valence electrons. The van der Waals surface area contributed by atoms with Gasteiger partial charge in [0.15, 0.2) is 22.8 Å². The molecule has 0 N–H and O–H groups in total. The Labute approximate surface area is 182 Å². The summed E-state index contributed by atoms with van der Waals surface area (Å²) in [6.07, 6.45) is 2.15. The number of piperidine rings is 2. The van der Waals surface area contributed by atoms with E-state index in [0.29, 0.717) is 10.6 Å². The largest absolute Gasteiger partial charge is 0.463 e. The Kier molecular flexibility index (Phi) is 5.40. The van der Waals surface area contributed by atoms with E-state index >= 15 is 0 Å². The van der Waals surface area contributed by atoms with E-state index in [1.807, 2.05) is 0 Å². The number of esters is 1. The molecule has 0 unspecified atom stereocenters. The van der Waals surface area contributed by atoms with Gasteiger partial charge in [0.05, 0.1) is 12.9 Å². The summed E-state index contributed by atoms with van der Waals surface area (Å²) in [6, 6.07) is 5.56. The number of furan rings is 1. The average molecular weight is 448 g/mol. The first-order valence-corrected chi connectivity index (χ1v) is 10.8. The number of aromatic nitrogens is 3. The van der Waals surface area contributed by atoms with Crippen molar-refractivity contribution in [3.63, 3.8) is 0 Å². The molecule has 2 saturated heterocycles. The van der Waals surface area contributed by atoms with Crippen molar-refractivity contribution in [2.75, 3.05) is 19.7 Å². The summed E-state index contributed by atoms with van der Waals surface area (Å²) in [4.78, 5) is 19.3. The first-order valence-electron chi connectivity index (χ1n) is 10.8. The third-order valence-corrected chi connectivity index (χ3v) is 6.36. The Hall–Kier alpha value is -2.88. The molecule has 32 heavy (non-hydrogen) atoms. The molecule has 2 fully saturated rings. The highest BCUT2D eigenvalue weighted by Gasteiger charge is 2.37.